The van der Waals surface area contributed by atoms with Gasteiger partial charge in [-0.3, -0.25) is 14.4 Å². The number of carbonyl (C=O) groups excluding carboxylic acids is 3. The van der Waals surface area contributed by atoms with Crippen molar-refractivity contribution in [2.45, 2.75) is 56.4 Å². The van der Waals surface area contributed by atoms with Gasteiger partial charge in [0, 0.05) is 30.5 Å². The second-order valence-electron chi connectivity index (χ2n) is 14.2. The number of aromatic carboxylic acids is 2. The van der Waals surface area contributed by atoms with E-state index in [-0.39, 0.29) is 35.1 Å². The molecule has 2 unspecified atom stereocenters. The zero-order valence-corrected chi connectivity index (χ0v) is 28.6. The first-order chi connectivity index (χ1) is 25.2. The lowest BCUT2D eigenvalue weighted by atomic mass is 9.53. The second-order valence-corrected chi connectivity index (χ2v) is 14.2. The van der Waals surface area contributed by atoms with Crippen LogP contribution in [0.1, 0.15) is 92.5 Å². The Bertz CT molecular complexity index is 1940. The fourth-order valence-electron chi connectivity index (χ4n) is 8.56. The average molecular weight is 700 g/mol. The van der Waals surface area contributed by atoms with E-state index in [4.69, 9.17) is 0 Å². The maximum atomic E-state index is 14.8. The minimum atomic E-state index is -1.35. The van der Waals surface area contributed by atoms with Gasteiger partial charge in [-0.15, -0.1) is 0 Å². The molecule has 0 radical (unpaired) electrons. The van der Waals surface area contributed by atoms with E-state index in [0.717, 1.165) is 59.6 Å². The number of rotatable bonds is 11. The number of hydrogen-bond acceptors (Lipinski definition) is 5. The van der Waals surface area contributed by atoms with Gasteiger partial charge in [-0.25, -0.2) is 9.59 Å². The normalized spacial score (nSPS) is 20.8. The number of amides is 3. The topological polar surface area (TPSA) is 162 Å². The van der Waals surface area contributed by atoms with Crippen LogP contribution in [-0.2, 0) is 20.8 Å². The molecule has 266 valence electrons. The monoisotopic (exact) mass is 699 g/mol. The minimum absolute atomic E-state index is 0.0332. The summed E-state index contributed by atoms with van der Waals surface area (Å²) in [5, 5.41) is 28.1. The van der Waals surface area contributed by atoms with Crippen molar-refractivity contribution in [2.75, 3.05) is 11.9 Å². The molecule has 4 aliphatic carbocycles. The molecule has 10 nitrogen and oxygen atoms in total. The lowest BCUT2D eigenvalue weighted by Crippen LogP contribution is -2.56. The van der Waals surface area contributed by atoms with Gasteiger partial charge in [0.2, 0.25) is 17.7 Å². The molecule has 0 aliphatic heterocycles. The van der Waals surface area contributed by atoms with Crippen molar-refractivity contribution in [3.8, 4) is 0 Å². The largest absolute Gasteiger partial charge is 0.478 e. The highest BCUT2D eigenvalue weighted by molar-refractivity contribution is 6.02. The number of fused-ring (bicyclic) bond motifs is 1. The molecule has 8 rings (SSSR count). The van der Waals surface area contributed by atoms with Gasteiger partial charge in [-0.05, 0) is 64.8 Å². The van der Waals surface area contributed by atoms with E-state index in [9.17, 15) is 34.2 Å². The van der Waals surface area contributed by atoms with Crippen LogP contribution in [0.15, 0.2) is 97.1 Å². The van der Waals surface area contributed by atoms with Crippen LogP contribution in [0.25, 0.3) is 0 Å². The molecule has 0 aromatic heterocycles. The number of anilines is 1. The molecule has 2 bridgehead atoms. The summed E-state index contributed by atoms with van der Waals surface area (Å²) in [4.78, 5) is 66.9. The van der Waals surface area contributed by atoms with Crippen LogP contribution in [0.2, 0.25) is 0 Å². The predicted octanol–water partition coefficient (Wildman–Crippen LogP) is 5.97. The Morgan fingerprint density at radius 3 is 1.65 bits per heavy atom. The third-order valence-electron chi connectivity index (χ3n) is 10.9. The summed E-state index contributed by atoms with van der Waals surface area (Å²) in [6.45, 7) is 0.553. The van der Waals surface area contributed by atoms with Gasteiger partial charge in [0.1, 0.15) is 6.04 Å². The number of nitrogens with one attached hydrogen (secondary N) is 3. The molecule has 0 heterocycles. The van der Waals surface area contributed by atoms with Gasteiger partial charge in [0.05, 0.1) is 23.0 Å². The zero-order valence-electron chi connectivity index (χ0n) is 28.6. The molecule has 52 heavy (non-hydrogen) atoms. The molecule has 1 fully saturated rings. The molecular formula is C42H41N3O7. The van der Waals surface area contributed by atoms with Crippen molar-refractivity contribution < 1.29 is 34.2 Å². The first kappa shape index (κ1) is 34.7. The van der Waals surface area contributed by atoms with Crippen LogP contribution >= 0.6 is 0 Å². The Kier molecular flexibility index (Phi) is 9.89. The van der Waals surface area contributed by atoms with Crippen LogP contribution < -0.4 is 16.0 Å². The highest BCUT2D eigenvalue weighted by Crippen LogP contribution is 2.58. The van der Waals surface area contributed by atoms with E-state index in [1.54, 1.807) is 0 Å². The van der Waals surface area contributed by atoms with E-state index in [2.05, 4.69) is 16.0 Å². The van der Waals surface area contributed by atoms with Gasteiger partial charge < -0.3 is 26.2 Å². The maximum absolute atomic E-state index is 14.8. The Balaban J connectivity index is 1.24. The van der Waals surface area contributed by atoms with Crippen LogP contribution in [0, 0.1) is 17.8 Å². The summed E-state index contributed by atoms with van der Waals surface area (Å²) >= 11 is 0. The van der Waals surface area contributed by atoms with Crippen molar-refractivity contribution in [3.05, 3.63) is 136 Å². The predicted molar refractivity (Wildman–Crippen MR) is 194 cm³/mol. The summed E-state index contributed by atoms with van der Waals surface area (Å²) in [7, 11) is 0. The molecular weight excluding hydrogens is 658 g/mol. The molecule has 0 spiro atoms. The van der Waals surface area contributed by atoms with E-state index in [1.807, 2.05) is 78.9 Å². The van der Waals surface area contributed by atoms with Crippen molar-refractivity contribution in [1.82, 2.24) is 10.6 Å². The Morgan fingerprint density at radius 1 is 0.635 bits per heavy atom. The van der Waals surface area contributed by atoms with Gasteiger partial charge >= 0.3 is 11.9 Å². The molecule has 3 atom stereocenters. The number of carboxylic acids is 2. The van der Waals surface area contributed by atoms with E-state index >= 15 is 0 Å². The van der Waals surface area contributed by atoms with Gasteiger partial charge in [0.15, 0.2) is 0 Å². The van der Waals surface area contributed by atoms with Crippen molar-refractivity contribution in [1.29, 1.82) is 0 Å². The highest BCUT2D eigenvalue weighted by atomic mass is 16.4. The van der Waals surface area contributed by atoms with Crippen molar-refractivity contribution >= 4 is 35.3 Å². The third-order valence-corrected chi connectivity index (χ3v) is 10.9. The Labute approximate surface area is 301 Å². The van der Waals surface area contributed by atoms with Crippen LogP contribution in [0.4, 0.5) is 5.69 Å². The maximum Gasteiger partial charge on any atom is 0.335 e. The van der Waals surface area contributed by atoms with Crippen molar-refractivity contribution in [2.24, 2.45) is 17.8 Å². The summed E-state index contributed by atoms with van der Waals surface area (Å²) in [5.41, 5.74) is 4.13. The fraction of sp³-hybridized carbons (Fsp3) is 0.310. The highest BCUT2D eigenvalue weighted by Gasteiger charge is 2.55. The first-order valence-corrected chi connectivity index (χ1v) is 17.9. The SMILES string of the molecule is O=C(O)c1cc(NC(=O)[C@H](Cc2ccccc2)NC(=O)C2C3c4ccccc4C(c4ccccc43)C2C(=O)NCC2CCCCC2)cc(C(=O)O)c1. The smallest absolute Gasteiger partial charge is 0.335 e. The van der Waals surface area contributed by atoms with Crippen LogP contribution in [0.3, 0.4) is 0 Å². The standard InChI is InChI=1S/C42H41N3O7/c46-38(44-28-21-26(41(49)50)20-27(22-28)42(51)52)33(19-24-11-3-1-4-12-24)45-40(48)37-35-31-17-9-7-15-29(31)34(30-16-8-10-18-32(30)35)36(37)39(47)43-23-25-13-5-2-6-14-25/h1,3-4,7-12,15-18,20-22,25,33-37H,2,5-6,13-14,19,23H2,(H,43,47)(H,44,46)(H,45,48)(H,49,50)(H,51,52)/t33-,34?,35?,36?,37?/m0/s1. The molecule has 4 aromatic rings. The molecule has 3 amide bonds. The third kappa shape index (κ3) is 6.93. The zero-order chi connectivity index (χ0) is 36.4. The summed E-state index contributed by atoms with van der Waals surface area (Å²) in [5.74, 6) is -5.96. The molecule has 1 saturated carbocycles. The molecule has 10 heteroatoms. The van der Waals surface area contributed by atoms with Crippen molar-refractivity contribution in [3.63, 3.8) is 0 Å². The first-order valence-electron chi connectivity index (χ1n) is 17.9. The van der Waals surface area contributed by atoms with E-state index in [1.165, 1.54) is 18.6 Å². The Hall–Kier alpha value is -5.77. The number of carboxylic acid groups (broad SMARTS) is 2. The minimum Gasteiger partial charge on any atom is -0.478 e. The lowest BCUT2D eigenvalue weighted by molar-refractivity contribution is -0.138. The molecule has 4 aliphatic rings. The van der Waals surface area contributed by atoms with E-state index < -0.39 is 47.5 Å². The van der Waals surface area contributed by atoms with Crippen LogP contribution in [-0.4, -0.2) is 52.5 Å². The molecule has 5 N–H and O–H groups in total. The summed E-state index contributed by atoms with van der Waals surface area (Å²) in [6, 6.07) is 27.3. The fourth-order valence-corrected chi connectivity index (χ4v) is 8.56. The van der Waals surface area contributed by atoms with Gasteiger partial charge in [-0.2, -0.15) is 0 Å². The molecule has 4 aromatic carbocycles. The number of carbonyl (C=O) groups is 5. The summed E-state index contributed by atoms with van der Waals surface area (Å²) < 4.78 is 0. The molecule has 0 saturated heterocycles. The van der Waals surface area contributed by atoms with E-state index in [0.29, 0.717) is 12.5 Å². The lowest BCUT2D eigenvalue weighted by Gasteiger charge is -2.49. The summed E-state index contributed by atoms with van der Waals surface area (Å²) in [6.07, 6.45) is 5.71. The van der Waals surface area contributed by atoms with Crippen LogP contribution in [0.5, 0.6) is 0 Å². The quantitative estimate of drug-likeness (QED) is 0.129. The second kappa shape index (κ2) is 14.8. The Morgan fingerprint density at radius 2 is 1.13 bits per heavy atom. The average Bonchev–Trinajstić information content (AvgIpc) is 3.17. The van der Waals surface area contributed by atoms with Gasteiger partial charge in [-0.1, -0.05) is 98.1 Å². The number of hydrogen-bond donors (Lipinski definition) is 5. The van der Waals surface area contributed by atoms with Gasteiger partial charge in [0.25, 0.3) is 0 Å². The number of benzene rings is 4.